The second kappa shape index (κ2) is 7.56. The molecule has 0 saturated carbocycles. The Kier molecular flexibility index (Phi) is 5.87. The molecule has 138 valence electrons. The molecule has 6 nitrogen and oxygen atoms in total. The Morgan fingerprint density at radius 3 is 2.52 bits per heavy atom. The van der Waals surface area contributed by atoms with E-state index in [2.05, 4.69) is 5.32 Å². The summed E-state index contributed by atoms with van der Waals surface area (Å²) in [5.41, 5.74) is 2.70. The Labute approximate surface area is 149 Å². The number of hydrogen-bond acceptors (Lipinski definition) is 4. The number of nitrogens with zero attached hydrogens (tertiary/aromatic N) is 1. The van der Waals surface area contributed by atoms with E-state index in [9.17, 15) is 18.0 Å². The van der Waals surface area contributed by atoms with Crippen LogP contribution < -0.4 is 10.2 Å². The first-order valence-electron chi connectivity index (χ1n) is 8.48. The molecule has 0 aliphatic carbocycles. The zero-order valence-electron chi connectivity index (χ0n) is 15.2. The van der Waals surface area contributed by atoms with E-state index in [0.29, 0.717) is 6.42 Å². The highest BCUT2D eigenvalue weighted by Gasteiger charge is 2.30. The van der Waals surface area contributed by atoms with Gasteiger partial charge in [-0.2, -0.15) is 0 Å². The smallest absolute Gasteiger partial charge is 0.240 e. The maximum atomic E-state index is 12.4. The maximum Gasteiger partial charge on any atom is 0.240 e. The second-order valence-electron chi connectivity index (χ2n) is 6.94. The Hall–Kier alpha value is -1.89. The van der Waals surface area contributed by atoms with Crippen LogP contribution in [0.4, 0.5) is 5.69 Å². The molecule has 1 aliphatic heterocycles. The number of carbonyl (C=O) groups excluding carboxylic acids is 2. The largest absolute Gasteiger partial charge is 0.351 e. The highest BCUT2D eigenvalue weighted by molar-refractivity contribution is 7.91. The van der Waals surface area contributed by atoms with Crippen LogP contribution >= 0.6 is 0 Å². The molecule has 0 bridgehead atoms. The predicted molar refractivity (Wildman–Crippen MR) is 98.5 cm³/mol. The summed E-state index contributed by atoms with van der Waals surface area (Å²) < 4.78 is 23.0. The van der Waals surface area contributed by atoms with Gasteiger partial charge in [0.25, 0.3) is 0 Å². The van der Waals surface area contributed by atoms with Crippen molar-refractivity contribution in [1.82, 2.24) is 5.32 Å². The number of rotatable bonds is 5. The first-order chi connectivity index (χ1) is 11.6. The van der Waals surface area contributed by atoms with Crippen molar-refractivity contribution in [2.45, 2.75) is 46.1 Å². The molecule has 1 unspecified atom stereocenters. The molecule has 25 heavy (non-hydrogen) atoms. The number of amides is 2. The topological polar surface area (TPSA) is 83.6 Å². The van der Waals surface area contributed by atoms with Gasteiger partial charge in [0.1, 0.15) is 6.54 Å². The van der Waals surface area contributed by atoms with Gasteiger partial charge in [-0.05, 0) is 30.4 Å². The predicted octanol–water partition coefficient (Wildman–Crippen LogP) is 1.77. The van der Waals surface area contributed by atoms with Gasteiger partial charge >= 0.3 is 0 Å². The van der Waals surface area contributed by atoms with Crippen molar-refractivity contribution in [1.29, 1.82) is 0 Å². The highest BCUT2D eigenvalue weighted by atomic mass is 32.2. The van der Waals surface area contributed by atoms with Crippen LogP contribution in [0.15, 0.2) is 18.2 Å². The number of sulfone groups is 1. The first-order valence-corrected chi connectivity index (χ1v) is 10.3. The monoisotopic (exact) mass is 366 g/mol. The average molecular weight is 366 g/mol. The van der Waals surface area contributed by atoms with Crippen molar-refractivity contribution in [3.05, 3.63) is 29.3 Å². The molecule has 1 N–H and O–H groups in total. The van der Waals surface area contributed by atoms with E-state index in [4.69, 9.17) is 0 Å². The summed E-state index contributed by atoms with van der Waals surface area (Å²) in [6.45, 7) is 7.32. The fourth-order valence-corrected chi connectivity index (χ4v) is 4.86. The zero-order chi connectivity index (χ0) is 18.8. The number of benzene rings is 1. The highest BCUT2D eigenvalue weighted by Crippen LogP contribution is 2.31. The fraction of sp³-hybridized carbons (Fsp3) is 0.556. The fourth-order valence-electron chi connectivity index (χ4n) is 3.19. The molecule has 1 aliphatic rings. The minimum absolute atomic E-state index is 0.0274. The van der Waals surface area contributed by atoms with E-state index >= 15 is 0 Å². The van der Waals surface area contributed by atoms with Crippen LogP contribution in [0.5, 0.6) is 0 Å². The third-order valence-corrected chi connectivity index (χ3v) is 6.21. The third-order valence-electron chi connectivity index (χ3n) is 4.44. The summed E-state index contributed by atoms with van der Waals surface area (Å²) in [7, 11) is -3.06. The Bertz CT molecular complexity index is 771. The van der Waals surface area contributed by atoms with Crippen LogP contribution in [0.2, 0.25) is 0 Å². The summed E-state index contributed by atoms with van der Waals surface area (Å²) in [6.07, 6.45) is 0.426. The lowest BCUT2D eigenvalue weighted by Crippen LogP contribution is -2.44. The van der Waals surface area contributed by atoms with Gasteiger partial charge in [0.05, 0.1) is 17.2 Å². The number of nitrogens with one attached hydrogen (secondary N) is 1. The van der Waals surface area contributed by atoms with Gasteiger partial charge in [0.15, 0.2) is 9.84 Å². The number of carbonyl (C=O) groups is 2. The normalized spacial score (nSPS) is 19.0. The average Bonchev–Trinajstić information content (AvgIpc) is 2.83. The molecule has 0 radical (unpaired) electrons. The van der Waals surface area contributed by atoms with Gasteiger partial charge in [-0.1, -0.05) is 32.0 Å². The van der Waals surface area contributed by atoms with Crippen LogP contribution in [0.3, 0.4) is 0 Å². The Morgan fingerprint density at radius 2 is 2.00 bits per heavy atom. The molecule has 1 saturated heterocycles. The summed E-state index contributed by atoms with van der Waals surface area (Å²) >= 11 is 0. The molecule has 1 aromatic rings. The molecule has 7 heteroatoms. The molecule has 0 aromatic heterocycles. The third kappa shape index (κ3) is 4.81. The molecule has 1 heterocycles. The van der Waals surface area contributed by atoms with Crippen molar-refractivity contribution >= 4 is 27.3 Å². The van der Waals surface area contributed by atoms with Gasteiger partial charge in [-0.3, -0.25) is 9.59 Å². The lowest BCUT2D eigenvalue weighted by molar-refractivity contribution is -0.123. The van der Waals surface area contributed by atoms with E-state index in [1.54, 1.807) is 0 Å². The van der Waals surface area contributed by atoms with Crippen LogP contribution in [-0.2, 0) is 19.4 Å². The van der Waals surface area contributed by atoms with Gasteiger partial charge < -0.3 is 10.2 Å². The maximum absolute atomic E-state index is 12.4. The molecular weight excluding hydrogens is 340 g/mol. The van der Waals surface area contributed by atoms with E-state index < -0.39 is 9.84 Å². The molecule has 2 amide bonds. The number of aryl methyl sites for hydroxylation is 1. The van der Waals surface area contributed by atoms with Crippen molar-refractivity contribution < 1.29 is 18.0 Å². The lowest BCUT2D eigenvalue weighted by atomic mass is 9.97. The van der Waals surface area contributed by atoms with E-state index in [0.717, 1.165) is 16.8 Å². The Morgan fingerprint density at radius 1 is 1.32 bits per heavy atom. The van der Waals surface area contributed by atoms with Gasteiger partial charge in [-0.25, -0.2) is 8.42 Å². The SMILES string of the molecule is CC(=O)N(CC(=O)NC1CCS(=O)(=O)C1)c1c(C)cccc1C(C)C. The van der Waals surface area contributed by atoms with Crippen LogP contribution in [0, 0.1) is 6.92 Å². The number of anilines is 1. The van der Waals surface area contributed by atoms with Crippen molar-refractivity contribution in [3.8, 4) is 0 Å². The molecular formula is C18H26N2O4S. The second-order valence-corrected chi connectivity index (χ2v) is 9.17. The van der Waals surface area contributed by atoms with E-state index in [-0.39, 0.29) is 41.8 Å². The van der Waals surface area contributed by atoms with Crippen LogP contribution in [0.25, 0.3) is 0 Å². The molecule has 1 fully saturated rings. The summed E-state index contributed by atoms with van der Waals surface area (Å²) in [6, 6.07) is 5.45. The van der Waals surface area contributed by atoms with Crippen molar-refractivity contribution in [2.24, 2.45) is 0 Å². The quantitative estimate of drug-likeness (QED) is 0.861. The van der Waals surface area contributed by atoms with Gasteiger partial charge in [0, 0.05) is 13.0 Å². The number of hydrogen-bond donors (Lipinski definition) is 1. The Balaban J connectivity index is 2.20. The van der Waals surface area contributed by atoms with Crippen molar-refractivity contribution in [3.63, 3.8) is 0 Å². The molecule has 2 rings (SSSR count). The lowest BCUT2D eigenvalue weighted by Gasteiger charge is -2.27. The van der Waals surface area contributed by atoms with Crippen LogP contribution in [0.1, 0.15) is 44.2 Å². The van der Waals surface area contributed by atoms with Crippen LogP contribution in [-0.4, -0.2) is 44.3 Å². The van der Waals surface area contributed by atoms with Gasteiger partial charge in [0.2, 0.25) is 11.8 Å². The minimum atomic E-state index is -3.06. The summed E-state index contributed by atoms with van der Waals surface area (Å²) in [5, 5.41) is 2.75. The van der Waals surface area contributed by atoms with E-state index in [1.807, 2.05) is 39.0 Å². The molecule has 0 spiro atoms. The molecule has 1 aromatic carbocycles. The standard InChI is InChI=1S/C18H26N2O4S/c1-12(2)16-7-5-6-13(3)18(16)20(14(4)21)10-17(22)19-15-8-9-25(23,24)11-15/h5-7,12,15H,8-11H2,1-4H3,(H,19,22). The minimum Gasteiger partial charge on any atom is -0.351 e. The molecule has 1 atom stereocenters. The summed E-state index contributed by atoms with van der Waals surface area (Å²) in [5.74, 6) is -0.273. The first kappa shape index (κ1) is 19.4. The van der Waals surface area contributed by atoms with Crippen molar-refractivity contribution in [2.75, 3.05) is 23.0 Å². The summed E-state index contributed by atoms with van der Waals surface area (Å²) in [4.78, 5) is 26.1. The van der Waals surface area contributed by atoms with Gasteiger partial charge in [-0.15, -0.1) is 0 Å². The van der Waals surface area contributed by atoms with E-state index in [1.165, 1.54) is 11.8 Å². The zero-order valence-corrected chi connectivity index (χ0v) is 16.0. The number of para-hydroxylation sites is 1.